The highest BCUT2D eigenvalue weighted by atomic mass is 79.9. The van der Waals surface area contributed by atoms with Crippen LogP contribution >= 0.6 is 27.3 Å². The van der Waals surface area contributed by atoms with Crippen LogP contribution in [0.2, 0.25) is 0 Å². The predicted molar refractivity (Wildman–Crippen MR) is 87.3 cm³/mol. The fraction of sp³-hybridized carbons (Fsp3) is 0.0769. The molecule has 0 radical (unpaired) electrons. The number of benzene rings is 1. The number of rotatable bonds is 3. The fourth-order valence-corrected chi connectivity index (χ4v) is 3.15. The van der Waals surface area contributed by atoms with Crippen molar-refractivity contribution in [2.75, 3.05) is 10.7 Å². The molecule has 0 saturated carbocycles. The molecule has 0 amide bonds. The molecule has 4 N–H and O–H groups in total. The van der Waals surface area contributed by atoms with E-state index < -0.39 is 0 Å². The molecule has 0 fully saturated rings. The predicted octanol–water partition coefficient (Wildman–Crippen LogP) is 3.93. The Morgan fingerprint density at radius 1 is 1.29 bits per heavy atom. The van der Waals surface area contributed by atoms with Crippen molar-refractivity contribution in [2.24, 2.45) is 5.84 Å². The maximum Gasteiger partial charge on any atom is 0.240 e. The fourth-order valence-electron chi connectivity index (χ4n) is 1.92. The van der Waals surface area contributed by atoms with Crippen LogP contribution in [0.25, 0.3) is 10.2 Å². The molecule has 3 aromatic rings. The second-order valence-electron chi connectivity index (χ2n) is 4.37. The molecule has 0 atom stereocenters. The van der Waals surface area contributed by atoms with E-state index in [4.69, 9.17) is 5.84 Å². The van der Waals surface area contributed by atoms with Gasteiger partial charge in [0.05, 0.1) is 11.1 Å². The zero-order valence-corrected chi connectivity index (χ0v) is 13.3. The summed E-state index contributed by atoms with van der Waals surface area (Å²) < 4.78 is 14.1. The van der Waals surface area contributed by atoms with Crippen molar-refractivity contribution in [1.29, 1.82) is 0 Å². The van der Waals surface area contributed by atoms with E-state index in [0.717, 1.165) is 19.6 Å². The number of thiophene rings is 1. The lowest BCUT2D eigenvalue weighted by atomic mass is 10.3. The summed E-state index contributed by atoms with van der Waals surface area (Å²) in [5.74, 6) is 5.95. The molecular weight excluding hydrogens is 357 g/mol. The van der Waals surface area contributed by atoms with E-state index in [2.05, 4.69) is 36.6 Å². The van der Waals surface area contributed by atoms with Crippen LogP contribution < -0.4 is 16.6 Å². The van der Waals surface area contributed by atoms with Crippen molar-refractivity contribution in [3.63, 3.8) is 0 Å². The van der Waals surface area contributed by atoms with Crippen molar-refractivity contribution in [1.82, 2.24) is 9.97 Å². The molecule has 0 aliphatic rings. The molecule has 0 saturated heterocycles. The van der Waals surface area contributed by atoms with Gasteiger partial charge < -0.3 is 5.32 Å². The lowest BCUT2D eigenvalue weighted by Gasteiger charge is -2.10. The normalized spacial score (nSPS) is 10.9. The van der Waals surface area contributed by atoms with Crippen LogP contribution in [0.1, 0.15) is 4.88 Å². The largest absolute Gasteiger partial charge is 0.339 e. The van der Waals surface area contributed by atoms with E-state index in [-0.39, 0.29) is 5.82 Å². The van der Waals surface area contributed by atoms with Gasteiger partial charge >= 0.3 is 0 Å². The summed E-state index contributed by atoms with van der Waals surface area (Å²) in [5, 5.41) is 3.99. The van der Waals surface area contributed by atoms with Gasteiger partial charge in [0, 0.05) is 9.35 Å². The molecule has 8 heteroatoms. The number of hydrogen-bond donors (Lipinski definition) is 3. The highest BCUT2D eigenvalue weighted by Gasteiger charge is 2.12. The van der Waals surface area contributed by atoms with Crippen molar-refractivity contribution >= 4 is 54.9 Å². The van der Waals surface area contributed by atoms with Crippen molar-refractivity contribution in [2.45, 2.75) is 6.92 Å². The standard InChI is InChI=1S/C13H11BrFN5S/c1-6-4-8-11(18-13(20-16)19-12(8)21-6)17-10-5-7(15)2-3-9(10)14/h2-5H,16H2,1H3,(H2,17,18,19,20). The van der Waals surface area contributed by atoms with Gasteiger partial charge in [0.25, 0.3) is 0 Å². The Hall–Kier alpha value is -1.77. The second kappa shape index (κ2) is 5.55. The van der Waals surface area contributed by atoms with Gasteiger partial charge in [0.15, 0.2) is 0 Å². The van der Waals surface area contributed by atoms with E-state index in [9.17, 15) is 4.39 Å². The van der Waals surface area contributed by atoms with Crippen LogP contribution in [0.3, 0.4) is 0 Å². The van der Waals surface area contributed by atoms with Gasteiger partial charge in [-0.1, -0.05) is 0 Å². The summed E-state index contributed by atoms with van der Waals surface area (Å²) in [4.78, 5) is 10.5. The number of hydrogen-bond acceptors (Lipinski definition) is 6. The highest BCUT2D eigenvalue weighted by Crippen LogP contribution is 2.33. The number of fused-ring (bicyclic) bond motifs is 1. The lowest BCUT2D eigenvalue weighted by Crippen LogP contribution is -2.11. The molecule has 2 aromatic heterocycles. The highest BCUT2D eigenvalue weighted by molar-refractivity contribution is 9.10. The summed E-state index contributed by atoms with van der Waals surface area (Å²) in [6, 6.07) is 6.39. The second-order valence-corrected chi connectivity index (χ2v) is 6.45. The zero-order chi connectivity index (χ0) is 15.0. The van der Waals surface area contributed by atoms with Crippen LogP contribution in [-0.2, 0) is 0 Å². The smallest absolute Gasteiger partial charge is 0.240 e. The molecular formula is C13H11BrFN5S. The number of nitrogens with zero attached hydrogens (tertiary/aromatic N) is 2. The van der Waals surface area contributed by atoms with Gasteiger partial charge in [0.2, 0.25) is 5.95 Å². The molecule has 0 spiro atoms. The van der Waals surface area contributed by atoms with Crippen LogP contribution in [0, 0.1) is 12.7 Å². The monoisotopic (exact) mass is 367 g/mol. The first-order valence-electron chi connectivity index (χ1n) is 6.03. The Kier molecular flexibility index (Phi) is 3.75. The summed E-state index contributed by atoms with van der Waals surface area (Å²) in [6.45, 7) is 1.99. The first kappa shape index (κ1) is 14.2. The number of nitrogen functional groups attached to an aromatic ring is 1. The molecule has 5 nitrogen and oxygen atoms in total. The number of nitrogens with two attached hydrogens (primary N) is 1. The Morgan fingerprint density at radius 2 is 2.10 bits per heavy atom. The number of halogens is 2. The molecule has 0 bridgehead atoms. The number of hydrazine groups is 1. The minimum absolute atomic E-state index is 0.305. The summed E-state index contributed by atoms with van der Waals surface area (Å²) in [6.07, 6.45) is 0. The average Bonchev–Trinajstić information content (AvgIpc) is 2.83. The van der Waals surface area contributed by atoms with Gasteiger partial charge in [-0.2, -0.15) is 4.98 Å². The van der Waals surface area contributed by atoms with Crippen molar-refractivity contribution < 1.29 is 4.39 Å². The van der Waals surface area contributed by atoms with Gasteiger partial charge in [-0.05, 0) is 47.1 Å². The zero-order valence-electron chi connectivity index (χ0n) is 10.9. The number of aromatic nitrogens is 2. The first-order chi connectivity index (χ1) is 10.1. The number of anilines is 3. The van der Waals surface area contributed by atoms with E-state index in [1.807, 2.05) is 13.0 Å². The lowest BCUT2D eigenvalue weighted by molar-refractivity contribution is 0.628. The average molecular weight is 368 g/mol. The summed E-state index contributed by atoms with van der Waals surface area (Å²) in [7, 11) is 0. The third-order valence-electron chi connectivity index (χ3n) is 2.83. The van der Waals surface area contributed by atoms with Crippen LogP contribution in [0.4, 0.5) is 21.8 Å². The molecule has 3 rings (SSSR count). The van der Waals surface area contributed by atoms with Crippen LogP contribution in [0.15, 0.2) is 28.7 Å². The van der Waals surface area contributed by atoms with Crippen molar-refractivity contribution in [3.05, 3.63) is 39.4 Å². The van der Waals surface area contributed by atoms with Gasteiger partial charge in [-0.25, -0.2) is 15.2 Å². The minimum atomic E-state index is -0.329. The van der Waals surface area contributed by atoms with E-state index in [1.54, 1.807) is 17.4 Å². The van der Waals surface area contributed by atoms with Gasteiger partial charge in [-0.3, -0.25) is 5.43 Å². The third-order valence-corrected chi connectivity index (χ3v) is 4.46. The molecule has 0 aliphatic carbocycles. The minimum Gasteiger partial charge on any atom is -0.339 e. The van der Waals surface area contributed by atoms with E-state index in [0.29, 0.717) is 17.5 Å². The topological polar surface area (TPSA) is 75.9 Å². The molecule has 108 valence electrons. The van der Waals surface area contributed by atoms with Crippen LogP contribution in [0.5, 0.6) is 0 Å². The third kappa shape index (κ3) is 2.82. The molecule has 0 unspecified atom stereocenters. The molecule has 0 aliphatic heterocycles. The number of nitrogens with one attached hydrogen (secondary N) is 2. The Bertz CT molecular complexity index is 820. The Balaban J connectivity index is 2.12. The summed E-state index contributed by atoms with van der Waals surface area (Å²) in [5.41, 5.74) is 3.02. The van der Waals surface area contributed by atoms with Crippen molar-refractivity contribution in [3.8, 4) is 0 Å². The maximum atomic E-state index is 13.4. The Labute approximate surface area is 132 Å². The molecule has 2 heterocycles. The van der Waals surface area contributed by atoms with E-state index >= 15 is 0 Å². The molecule has 1 aromatic carbocycles. The quantitative estimate of drug-likeness (QED) is 0.483. The summed E-state index contributed by atoms with van der Waals surface area (Å²) >= 11 is 4.92. The van der Waals surface area contributed by atoms with Gasteiger partial charge in [-0.15, -0.1) is 11.3 Å². The first-order valence-corrected chi connectivity index (χ1v) is 7.64. The van der Waals surface area contributed by atoms with Crippen LogP contribution in [-0.4, -0.2) is 9.97 Å². The Morgan fingerprint density at radius 3 is 2.86 bits per heavy atom. The SMILES string of the molecule is Cc1cc2c(Nc3cc(F)ccc3Br)nc(NN)nc2s1. The molecule has 21 heavy (non-hydrogen) atoms. The van der Waals surface area contributed by atoms with Gasteiger partial charge in [0.1, 0.15) is 16.5 Å². The van der Waals surface area contributed by atoms with E-state index in [1.165, 1.54) is 12.1 Å². The number of aryl methyl sites for hydroxylation is 1. The maximum absolute atomic E-state index is 13.4.